The van der Waals surface area contributed by atoms with Crippen LogP contribution in [0.2, 0.25) is 0 Å². The summed E-state index contributed by atoms with van der Waals surface area (Å²) in [6.45, 7) is 4.17. The molecule has 176 valence electrons. The molecule has 1 unspecified atom stereocenters. The summed E-state index contributed by atoms with van der Waals surface area (Å²) < 4.78 is 15.1. The van der Waals surface area contributed by atoms with E-state index in [9.17, 15) is 14.0 Å². The number of hydrogen-bond acceptors (Lipinski definition) is 3. The van der Waals surface area contributed by atoms with E-state index < -0.39 is 0 Å². The van der Waals surface area contributed by atoms with Gasteiger partial charge in [0.2, 0.25) is 5.91 Å². The van der Waals surface area contributed by atoms with E-state index in [0.717, 1.165) is 19.3 Å². The third-order valence-corrected chi connectivity index (χ3v) is 6.18. The van der Waals surface area contributed by atoms with Gasteiger partial charge in [-0.05, 0) is 49.2 Å². The second-order valence-corrected chi connectivity index (χ2v) is 8.55. The van der Waals surface area contributed by atoms with Gasteiger partial charge in [0, 0.05) is 13.5 Å². The lowest BCUT2D eigenvalue weighted by Gasteiger charge is -2.29. The van der Waals surface area contributed by atoms with E-state index in [1.54, 1.807) is 42.3 Å². The minimum atomic E-state index is -0.375. The Morgan fingerprint density at radius 1 is 1.00 bits per heavy atom. The number of nitrogens with zero attached hydrogens (tertiary/aromatic N) is 3. The van der Waals surface area contributed by atoms with Gasteiger partial charge in [-0.3, -0.25) is 14.2 Å². The van der Waals surface area contributed by atoms with E-state index in [0.29, 0.717) is 35.3 Å². The molecule has 0 spiro atoms. The number of hydrogen-bond donors (Lipinski definition) is 0. The standard InChI is InChI=1S/C27H34FN3O2/c1-4-6-7-8-9-10-15-25(32)30(3)24(5-2)26-29-23-14-12-11-13-22(23)27(33)31(26)21-18-16-20(28)17-19-21/h11-14,16-19,24H,4-10,15H2,1-3H3. The predicted octanol–water partition coefficient (Wildman–Crippen LogP) is 6.18. The number of benzene rings is 2. The van der Waals surface area contributed by atoms with Crippen molar-refractivity contribution < 1.29 is 9.18 Å². The molecule has 6 heteroatoms. The van der Waals surface area contributed by atoms with Gasteiger partial charge < -0.3 is 4.90 Å². The van der Waals surface area contributed by atoms with E-state index >= 15 is 0 Å². The fraction of sp³-hybridized carbons (Fsp3) is 0.444. The molecule has 3 rings (SSSR count). The summed E-state index contributed by atoms with van der Waals surface area (Å²) >= 11 is 0. The highest BCUT2D eigenvalue weighted by molar-refractivity contribution is 5.78. The van der Waals surface area contributed by atoms with Crippen LogP contribution in [0.15, 0.2) is 53.3 Å². The maximum Gasteiger partial charge on any atom is 0.266 e. The molecule has 0 fully saturated rings. The summed E-state index contributed by atoms with van der Waals surface area (Å²) in [5, 5.41) is 0.487. The first-order valence-electron chi connectivity index (χ1n) is 12.0. The van der Waals surface area contributed by atoms with E-state index in [1.165, 1.54) is 36.0 Å². The van der Waals surface area contributed by atoms with Crippen LogP contribution in [0.25, 0.3) is 16.6 Å². The highest BCUT2D eigenvalue weighted by Gasteiger charge is 2.26. The van der Waals surface area contributed by atoms with Gasteiger partial charge in [0.05, 0.1) is 22.6 Å². The summed E-state index contributed by atoms with van der Waals surface area (Å²) in [5.41, 5.74) is 0.897. The summed E-state index contributed by atoms with van der Waals surface area (Å²) in [4.78, 5) is 33.0. The van der Waals surface area contributed by atoms with E-state index in [2.05, 4.69) is 6.92 Å². The molecule has 0 aliphatic rings. The van der Waals surface area contributed by atoms with E-state index in [1.807, 2.05) is 13.0 Å². The predicted molar refractivity (Wildman–Crippen MR) is 131 cm³/mol. The lowest BCUT2D eigenvalue weighted by Crippen LogP contribution is -2.35. The molecular formula is C27H34FN3O2. The molecule has 5 nitrogen and oxygen atoms in total. The highest BCUT2D eigenvalue weighted by atomic mass is 19.1. The average molecular weight is 452 g/mol. The summed E-state index contributed by atoms with van der Waals surface area (Å²) in [7, 11) is 1.78. The Morgan fingerprint density at radius 3 is 2.36 bits per heavy atom. The molecule has 0 bridgehead atoms. The molecule has 1 heterocycles. The smallest absolute Gasteiger partial charge is 0.266 e. The number of rotatable bonds is 11. The molecule has 0 saturated heterocycles. The zero-order valence-corrected chi connectivity index (χ0v) is 19.9. The fourth-order valence-electron chi connectivity index (χ4n) is 4.25. The van der Waals surface area contributed by atoms with Gasteiger partial charge in [-0.2, -0.15) is 0 Å². The van der Waals surface area contributed by atoms with Crippen molar-refractivity contribution in [2.45, 2.75) is 71.3 Å². The number of para-hydroxylation sites is 1. The molecule has 1 aromatic heterocycles. The molecule has 0 radical (unpaired) electrons. The first-order chi connectivity index (χ1) is 16.0. The van der Waals surface area contributed by atoms with Crippen molar-refractivity contribution in [1.29, 1.82) is 0 Å². The Balaban J connectivity index is 1.94. The Bertz CT molecular complexity index is 1120. The summed E-state index contributed by atoms with van der Waals surface area (Å²) in [5.74, 6) is 0.164. The van der Waals surface area contributed by atoms with Crippen LogP contribution in [-0.4, -0.2) is 27.4 Å². The topological polar surface area (TPSA) is 55.2 Å². The Kier molecular flexibility index (Phi) is 8.75. The third kappa shape index (κ3) is 5.86. The largest absolute Gasteiger partial charge is 0.336 e. The Hall–Kier alpha value is -3.02. The number of fused-ring (bicyclic) bond motifs is 1. The van der Waals surface area contributed by atoms with Crippen LogP contribution < -0.4 is 5.56 Å². The molecule has 0 aliphatic carbocycles. The van der Waals surface area contributed by atoms with Gasteiger partial charge >= 0.3 is 0 Å². The minimum absolute atomic E-state index is 0.0467. The van der Waals surface area contributed by atoms with Gasteiger partial charge in [0.1, 0.15) is 11.6 Å². The summed E-state index contributed by atoms with van der Waals surface area (Å²) in [6, 6.07) is 12.6. The van der Waals surface area contributed by atoms with Crippen molar-refractivity contribution in [3.05, 3.63) is 70.5 Å². The molecule has 1 amide bonds. The van der Waals surface area contributed by atoms with Gasteiger partial charge in [0.25, 0.3) is 5.56 Å². The number of halogens is 1. The molecule has 2 aromatic carbocycles. The zero-order chi connectivity index (χ0) is 23.8. The number of amides is 1. The highest BCUT2D eigenvalue weighted by Crippen LogP contribution is 2.26. The lowest BCUT2D eigenvalue weighted by atomic mass is 10.1. The Morgan fingerprint density at radius 2 is 1.67 bits per heavy atom. The van der Waals surface area contributed by atoms with Crippen LogP contribution in [0.1, 0.15) is 77.1 Å². The van der Waals surface area contributed by atoms with Crippen molar-refractivity contribution in [3.8, 4) is 5.69 Å². The normalized spacial score (nSPS) is 12.1. The fourth-order valence-corrected chi connectivity index (χ4v) is 4.25. The van der Waals surface area contributed by atoms with E-state index in [4.69, 9.17) is 4.98 Å². The van der Waals surface area contributed by atoms with Crippen LogP contribution >= 0.6 is 0 Å². The van der Waals surface area contributed by atoms with Gasteiger partial charge in [-0.25, -0.2) is 9.37 Å². The minimum Gasteiger partial charge on any atom is -0.336 e. The maximum atomic E-state index is 13.6. The first kappa shape index (κ1) is 24.6. The summed E-state index contributed by atoms with van der Waals surface area (Å²) in [6.07, 6.45) is 7.79. The van der Waals surface area contributed by atoms with Crippen molar-refractivity contribution in [2.24, 2.45) is 0 Å². The molecule has 33 heavy (non-hydrogen) atoms. The molecule has 0 aliphatic heterocycles. The van der Waals surface area contributed by atoms with Crippen LogP contribution in [0.3, 0.4) is 0 Å². The first-order valence-corrected chi connectivity index (χ1v) is 12.0. The average Bonchev–Trinajstić information content (AvgIpc) is 2.82. The maximum absolute atomic E-state index is 13.6. The van der Waals surface area contributed by atoms with Gasteiger partial charge in [-0.1, -0.05) is 58.1 Å². The number of aromatic nitrogens is 2. The molecular weight excluding hydrogens is 417 g/mol. The van der Waals surface area contributed by atoms with Crippen LogP contribution in [-0.2, 0) is 4.79 Å². The molecule has 0 N–H and O–H groups in total. The van der Waals surface area contributed by atoms with Crippen molar-refractivity contribution in [1.82, 2.24) is 14.5 Å². The van der Waals surface area contributed by atoms with Crippen LogP contribution in [0, 0.1) is 5.82 Å². The monoisotopic (exact) mass is 451 g/mol. The van der Waals surface area contributed by atoms with Gasteiger partial charge in [-0.15, -0.1) is 0 Å². The zero-order valence-electron chi connectivity index (χ0n) is 19.9. The van der Waals surface area contributed by atoms with Crippen molar-refractivity contribution in [3.63, 3.8) is 0 Å². The lowest BCUT2D eigenvalue weighted by molar-refractivity contribution is -0.132. The molecule has 1 atom stereocenters. The van der Waals surface area contributed by atoms with Crippen molar-refractivity contribution in [2.75, 3.05) is 7.05 Å². The van der Waals surface area contributed by atoms with Crippen molar-refractivity contribution >= 4 is 16.8 Å². The Labute approximate surface area is 195 Å². The third-order valence-electron chi connectivity index (χ3n) is 6.18. The van der Waals surface area contributed by atoms with Gasteiger partial charge in [0.15, 0.2) is 0 Å². The number of carbonyl (C=O) groups excluding carboxylic acids is 1. The van der Waals surface area contributed by atoms with Crippen LogP contribution in [0.4, 0.5) is 4.39 Å². The molecule has 3 aromatic rings. The van der Waals surface area contributed by atoms with E-state index in [-0.39, 0.29) is 23.3 Å². The quantitative estimate of drug-likeness (QED) is 0.327. The SMILES string of the molecule is CCCCCCCCC(=O)N(C)C(CC)c1nc2ccccc2c(=O)n1-c1ccc(F)cc1. The molecule has 0 saturated carbocycles. The number of unbranched alkanes of at least 4 members (excludes halogenated alkanes) is 5. The second-order valence-electron chi connectivity index (χ2n) is 8.55. The second kappa shape index (κ2) is 11.7. The number of carbonyl (C=O) groups is 1. The van der Waals surface area contributed by atoms with Crippen LogP contribution in [0.5, 0.6) is 0 Å².